The first-order valence-corrected chi connectivity index (χ1v) is 7.47. The molecule has 0 aromatic rings. The third-order valence-corrected chi connectivity index (χ3v) is 6.54. The lowest BCUT2D eigenvalue weighted by Crippen LogP contribution is -2.33. The first kappa shape index (κ1) is 11.7. The Bertz CT molecular complexity index is 387. The van der Waals surface area contributed by atoms with Crippen LogP contribution in [0.5, 0.6) is 0 Å². The first-order valence-electron chi connectivity index (χ1n) is 7.47. The minimum absolute atomic E-state index is 0.147. The molecular formula is C16H26O2. The molecule has 2 saturated heterocycles. The Morgan fingerprint density at radius 1 is 0.667 bits per heavy atom. The van der Waals surface area contributed by atoms with Crippen molar-refractivity contribution in [1.82, 2.24) is 0 Å². The molecule has 4 fully saturated rings. The molecule has 0 spiro atoms. The van der Waals surface area contributed by atoms with Crippen molar-refractivity contribution < 1.29 is 9.47 Å². The zero-order chi connectivity index (χ0) is 13.1. The lowest BCUT2D eigenvalue weighted by molar-refractivity contribution is 0.0365. The number of rotatable bonds is 1. The van der Waals surface area contributed by atoms with Gasteiger partial charge in [0.25, 0.3) is 0 Å². The third-order valence-electron chi connectivity index (χ3n) is 6.54. The maximum absolute atomic E-state index is 6.11. The van der Waals surface area contributed by atoms with E-state index in [1.54, 1.807) is 0 Å². The molecule has 2 aliphatic carbocycles. The van der Waals surface area contributed by atoms with Crippen molar-refractivity contribution in [2.75, 3.05) is 0 Å². The molecule has 4 aliphatic rings. The van der Waals surface area contributed by atoms with Crippen LogP contribution in [0, 0.1) is 22.7 Å². The summed E-state index contributed by atoms with van der Waals surface area (Å²) in [5.41, 5.74) is 1.00. The molecule has 18 heavy (non-hydrogen) atoms. The summed E-state index contributed by atoms with van der Waals surface area (Å²) >= 11 is 0. The number of ether oxygens (including phenoxy) is 2. The van der Waals surface area contributed by atoms with Crippen molar-refractivity contribution in [2.24, 2.45) is 22.7 Å². The minimum atomic E-state index is 0.147. The molecule has 2 heteroatoms. The van der Waals surface area contributed by atoms with E-state index in [1.807, 2.05) is 0 Å². The molecule has 6 unspecified atom stereocenters. The highest BCUT2D eigenvalue weighted by Crippen LogP contribution is 2.72. The zero-order valence-corrected chi connectivity index (χ0v) is 12.5. The summed E-state index contributed by atoms with van der Waals surface area (Å²) < 4.78 is 12.2. The lowest BCUT2D eigenvalue weighted by Gasteiger charge is -2.32. The zero-order valence-electron chi connectivity index (χ0n) is 12.5. The van der Waals surface area contributed by atoms with Gasteiger partial charge in [-0.05, 0) is 49.4 Å². The molecule has 2 nitrogen and oxygen atoms in total. The highest BCUT2D eigenvalue weighted by molar-refractivity contribution is 5.25. The number of hydrogen-bond acceptors (Lipinski definition) is 2. The molecule has 6 atom stereocenters. The van der Waals surface area contributed by atoms with Gasteiger partial charge in [0.05, 0.1) is 23.4 Å². The third kappa shape index (κ3) is 1.13. The second-order valence-corrected chi connectivity index (χ2v) is 8.96. The van der Waals surface area contributed by atoms with Gasteiger partial charge in [-0.25, -0.2) is 0 Å². The summed E-state index contributed by atoms with van der Waals surface area (Å²) in [5.74, 6) is 1.38. The Morgan fingerprint density at radius 2 is 1.00 bits per heavy atom. The minimum Gasteiger partial charge on any atom is -0.365 e. The van der Waals surface area contributed by atoms with Crippen molar-refractivity contribution >= 4 is 0 Å². The molecule has 0 aromatic heterocycles. The molecule has 0 aromatic carbocycles. The highest BCUT2D eigenvalue weighted by atomic mass is 16.6. The van der Waals surface area contributed by atoms with E-state index in [0.717, 1.165) is 0 Å². The molecule has 4 rings (SSSR count). The van der Waals surface area contributed by atoms with Crippen LogP contribution in [0.3, 0.4) is 0 Å². The monoisotopic (exact) mass is 250 g/mol. The largest absolute Gasteiger partial charge is 0.365 e. The quantitative estimate of drug-likeness (QED) is 0.666. The van der Waals surface area contributed by atoms with Crippen molar-refractivity contribution in [2.45, 2.75) is 77.8 Å². The molecule has 102 valence electrons. The van der Waals surface area contributed by atoms with Crippen LogP contribution >= 0.6 is 0 Å². The summed E-state index contributed by atoms with van der Waals surface area (Å²) in [7, 11) is 0. The van der Waals surface area contributed by atoms with Crippen molar-refractivity contribution in [3.05, 3.63) is 0 Å². The predicted molar refractivity (Wildman–Crippen MR) is 70.3 cm³/mol. The van der Waals surface area contributed by atoms with Gasteiger partial charge in [-0.15, -0.1) is 0 Å². The van der Waals surface area contributed by atoms with E-state index in [2.05, 4.69) is 41.5 Å². The predicted octanol–water partition coefficient (Wildman–Crippen LogP) is 3.39. The molecule has 0 bridgehead atoms. The van der Waals surface area contributed by atoms with Crippen LogP contribution in [0.4, 0.5) is 0 Å². The fraction of sp³-hybridized carbons (Fsp3) is 1.00. The molecule has 0 N–H and O–H groups in total. The first-order chi connectivity index (χ1) is 8.11. The van der Waals surface area contributed by atoms with E-state index >= 15 is 0 Å². The summed E-state index contributed by atoms with van der Waals surface area (Å²) in [6, 6.07) is 0. The Kier molecular flexibility index (Phi) is 1.75. The van der Waals surface area contributed by atoms with Crippen molar-refractivity contribution in [3.8, 4) is 0 Å². The summed E-state index contributed by atoms with van der Waals surface area (Å²) in [6.07, 6.45) is 3.58. The molecule has 2 heterocycles. The van der Waals surface area contributed by atoms with Crippen LogP contribution in [0.15, 0.2) is 0 Å². The van der Waals surface area contributed by atoms with Gasteiger partial charge in [0.1, 0.15) is 0 Å². The second-order valence-electron chi connectivity index (χ2n) is 8.96. The van der Waals surface area contributed by atoms with Crippen LogP contribution < -0.4 is 0 Å². The number of hydrogen-bond donors (Lipinski definition) is 0. The fourth-order valence-electron chi connectivity index (χ4n) is 5.71. The van der Waals surface area contributed by atoms with Crippen molar-refractivity contribution in [1.29, 1.82) is 0 Å². The van der Waals surface area contributed by atoms with Crippen LogP contribution in [0.2, 0.25) is 0 Å². The van der Waals surface area contributed by atoms with Crippen LogP contribution in [-0.4, -0.2) is 23.4 Å². The van der Waals surface area contributed by atoms with E-state index in [4.69, 9.17) is 9.47 Å². The van der Waals surface area contributed by atoms with Crippen LogP contribution in [-0.2, 0) is 9.47 Å². The molecule has 0 amide bonds. The highest BCUT2D eigenvalue weighted by Gasteiger charge is 2.78. The Labute approximate surface area is 110 Å². The maximum Gasteiger partial charge on any atom is 0.0957 e. The summed E-state index contributed by atoms with van der Waals surface area (Å²) in [4.78, 5) is 0. The van der Waals surface area contributed by atoms with Gasteiger partial charge >= 0.3 is 0 Å². The van der Waals surface area contributed by atoms with Gasteiger partial charge in [0.15, 0.2) is 0 Å². The van der Waals surface area contributed by atoms with Gasteiger partial charge in [-0.3, -0.25) is 0 Å². The molecule has 0 radical (unpaired) electrons. The van der Waals surface area contributed by atoms with E-state index < -0.39 is 0 Å². The second kappa shape index (κ2) is 2.69. The van der Waals surface area contributed by atoms with Gasteiger partial charge in [-0.2, -0.15) is 0 Å². The Balaban J connectivity index is 1.67. The van der Waals surface area contributed by atoms with Crippen molar-refractivity contribution in [3.63, 3.8) is 0 Å². The van der Waals surface area contributed by atoms with E-state index in [1.165, 1.54) is 12.8 Å². The SMILES string of the molecule is CC1(C)CC(C2CC(C)(C)C3OC23C)C2(C)OC12. The van der Waals surface area contributed by atoms with E-state index in [9.17, 15) is 0 Å². The van der Waals surface area contributed by atoms with E-state index in [-0.39, 0.29) is 11.2 Å². The molecule has 2 aliphatic heterocycles. The smallest absolute Gasteiger partial charge is 0.0957 e. The lowest BCUT2D eigenvalue weighted by atomic mass is 9.75. The molecule has 2 saturated carbocycles. The molecular weight excluding hydrogens is 224 g/mol. The van der Waals surface area contributed by atoms with Gasteiger partial charge in [0.2, 0.25) is 0 Å². The summed E-state index contributed by atoms with van der Waals surface area (Å²) in [6.45, 7) is 14.2. The van der Waals surface area contributed by atoms with Crippen LogP contribution in [0.25, 0.3) is 0 Å². The average Bonchev–Trinajstić information content (AvgIpc) is 3.05. The average molecular weight is 250 g/mol. The summed E-state index contributed by atoms with van der Waals surface area (Å²) in [5, 5.41) is 0. The van der Waals surface area contributed by atoms with E-state index in [0.29, 0.717) is 34.9 Å². The number of epoxide rings is 2. The Hall–Kier alpha value is -0.0800. The Morgan fingerprint density at radius 3 is 1.17 bits per heavy atom. The van der Waals surface area contributed by atoms with Gasteiger partial charge in [-0.1, -0.05) is 27.7 Å². The van der Waals surface area contributed by atoms with Gasteiger partial charge in [0, 0.05) is 0 Å². The standard InChI is InChI=1S/C16H26O2/c1-13(2)7-9(15(5)11(13)17-15)10-8-14(3,4)12-16(10,6)18-12/h9-12H,7-8H2,1-6H3. The van der Waals surface area contributed by atoms with Gasteiger partial charge < -0.3 is 9.47 Å². The number of fused-ring (bicyclic) bond motifs is 2. The van der Waals surface area contributed by atoms with Crippen LogP contribution in [0.1, 0.15) is 54.4 Å². The topological polar surface area (TPSA) is 25.1 Å². The fourth-order valence-corrected chi connectivity index (χ4v) is 5.71. The normalized spacial score (nSPS) is 62.3. The maximum atomic E-state index is 6.11.